The molecule has 150 valence electrons. The zero-order chi connectivity index (χ0) is 20.5. The maximum atomic E-state index is 13.0. The number of aromatic nitrogens is 1. The standard InChI is InChI=1S/C24H26N2O3/c1-28-21-9-8-20(23(17-21)29-2)12-15-26-24(27)22(19-6-4-3-5-7-19)16-18-10-13-25-14-11-18/h3-11,13-14,17,22H,12,15-16H2,1-2H3,(H,26,27). The van der Waals surface area contributed by atoms with E-state index in [1.54, 1.807) is 26.6 Å². The summed E-state index contributed by atoms with van der Waals surface area (Å²) in [5.74, 6) is 1.27. The molecule has 0 aliphatic carbocycles. The second-order valence-corrected chi connectivity index (χ2v) is 6.74. The highest BCUT2D eigenvalue weighted by molar-refractivity contribution is 5.84. The van der Waals surface area contributed by atoms with Crippen LogP contribution in [0.4, 0.5) is 0 Å². The Morgan fingerprint density at radius 2 is 1.76 bits per heavy atom. The number of nitrogens with one attached hydrogen (secondary N) is 1. The van der Waals surface area contributed by atoms with Crippen molar-refractivity contribution in [3.8, 4) is 11.5 Å². The molecule has 0 saturated carbocycles. The Morgan fingerprint density at radius 3 is 2.45 bits per heavy atom. The van der Waals surface area contributed by atoms with Gasteiger partial charge in [0.15, 0.2) is 0 Å². The van der Waals surface area contributed by atoms with Gasteiger partial charge in [0.05, 0.1) is 20.1 Å². The van der Waals surface area contributed by atoms with Crippen LogP contribution in [0.3, 0.4) is 0 Å². The van der Waals surface area contributed by atoms with Gasteiger partial charge in [-0.05, 0) is 47.7 Å². The SMILES string of the molecule is COc1ccc(CCNC(=O)C(Cc2ccncc2)c2ccccc2)c(OC)c1. The minimum absolute atomic E-state index is 0.0143. The molecule has 0 bridgehead atoms. The van der Waals surface area contributed by atoms with Crippen LogP contribution in [0.5, 0.6) is 11.5 Å². The summed E-state index contributed by atoms with van der Waals surface area (Å²) in [6.07, 6.45) is 4.82. The number of pyridine rings is 1. The normalized spacial score (nSPS) is 11.5. The molecule has 3 aromatic rings. The molecule has 1 unspecified atom stereocenters. The van der Waals surface area contributed by atoms with Gasteiger partial charge in [0.25, 0.3) is 0 Å². The van der Waals surface area contributed by atoms with E-state index in [0.717, 1.165) is 28.2 Å². The molecule has 2 aromatic carbocycles. The molecular weight excluding hydrogens is 364 g/mol. The molecule has 0 fully saturated rings. The fourth-order valence-corrected chi connectivity index (χ4v) is 3.30. The quantitative estimate of drug-likeness (QED) is 0.604. The lowest BCUT2D eigenvalue weighted by Gasteiger charge is -2.18. The van der Waals surface area contributed by atoms with Crippen molar-refractivity contribution in [2.45, 2.75) is 18.8 Å². The molecule has 5 nitrogen and oxygen atoms in total. The summed E-state index contributed by atoms with van der Waals surface area (Å²) in [4.78, 5) is 17.1. The lowest BCUT2D eigenvalue weighted by molar-refractivity contribution is -0.122. The van der Waals surface area contributed by atoms with E-state index in [1.165, 1.54) is 0 Å². The molecule has 1 heterocycles. The second kappa shape index (κ2) is 10.3. The van der Waals surface area contributed by atoms with Gasteiger partial charge < -0.3 is 14.8 Å². The summed E-state index contributed by atoms with van der Waals surface area (Å²) in [6, 6.07) is 19.5. The average molecular weight is 390 g/mol. The molecule has 0 radical (unpaired) electrons. The van der Waals surface area contributed by atoms with Crippen LogP contribution in [0.1, 0.15) is 22.6 Å². The molecule has 29 heavy (non-hydrogen) atoms. The summed E-state index contributed by atoms with van der Waals surface area (Å²) < 4.78 is 10.7. The largest absolute Gasteiger partial charge is 0.497 e. The number of hydrogen-bond acceptors (Lipinski definition) is 4. The monoisotopic (exact) mass is 390 g/mol. The molecule has 1 N–H and O–H groups in total. The van der Waals surface area contributed by atoms with Crippen LogP contribution in [-0.2, 0) is 17.6 Å². The molecule has 0 aliphatic heterocycles. The van der Waals surface area contributed by atoms with Crippen LogP contribution >= 0.6 is 0 Å². The summed E-state index contributed by atoms with van der Waals surface area (Å²) in [5.41, 5.74) is 3.11. The van der Waals surface area contributed by atoms with Crippen LogP contribution < -0.4 is 14.8 Å². The van der Waals surface area contributed by atoms with E-state index >= 15 is 0 Å². The summed E-state index contributed by atoms with van der Waals surface area (Å²) in [6.45, 7) is 0.529. The lowest BCUT2D eigenvalue weighted by atomic mass is 9.91. The fourth-order valence-electron chi connectivity index (χ4n) is 3.30. The first-order valence-corrected chi connectivity index (χ1v) is 9.63. The zero-order valence-corrected chi connectivity index (χ0v) is 16.8. The maximum Gasteiger partial charge on any atom is 0.227 e. The number of benzene rings is 2. The Labute approximate surface area is 171 Å². The first kappa shape index (κ1) is 20.4. The van der Waals surface area contributed by atoms with E-state index in [9.17, 15) is 4.79 Å². The molecular formula is C24H26N2O3. The van der Waals surface area contributed by atoms with E-state index in [4.69, 9.17) is 9.47 Å². The number of ether oxygens (including phenoxy) is 2. The van der Waals surface area contributed by atoms with Gasteiger partial charge in [-0.25, -0.2) is 0 Å². The Hall–Kier alpha value is -3.34. The van der Waals surface area contributed by atoms with E-state index in [1.807, 2.05) is 60.7 Å². The number of carbonyl (C=O) groups is 1. The maximum absolute atomic E-state index is 13.0. The van der Waals surface area contributed by atoms with Crippen molar-refractivity contribution in [2.75, 3.05) is 20.8 Å². The number of rotatable bonds is 9. The zero-order valence-electron chi connectivity index (χ0n) is 16.8. The van der Waals surface area contributed by atoms with Gasteiger partial charge in [-0.1, -0.05) is 36.4 Å². The molecule has 5 heteroatoms. The first-order chi connectivity index (χ1) is 14.2. The Morgan fingerprint density at radius 1 is 1.00 bits per heavy atom. The molecule has 0 aliphatic rings. The Kier molecular flexibility index (Phi) is 7.22. The topological polar surface area (TPSA) is 60.5 Å². The van der Waals surface area contributed by atoms with Crippen LogP contribution in [0.15, 0.2) is 73.1 Å². The van der Waals surface area contributed by atoms with Crippen LogP contribution in [0.25, 0.3) is 0 Å². The van der Waals surface area contributed by atoms with Gasteiger partial charge in [-0.15, -0.1) is 0 Å². The van der Waals surface area contributed by atoms with Gasteiger partial charge in [0, 0.05) is 25.0 Å². The van der Waals surface area contributed by atoms with Crippen LogP contribution in [-0.4, -0.2) is 31.7 Å². The van der Waals surface area contributed by atoms with Crippen molar-refractivity contribution in [1.29, 1.82) is 0 Å². The molecule has 1 atom stereocenters. The molecule has 3 rings (SSSR count). The number of methoxy groups -OCH3 is 2. The van der Waals surface area contributed by atoms with Gasteiger partial charge in [0.2, 0.25) is 5.91 Å². The van der Waals surface area contributed by atoms with Crippen molar-refractivity contribution in [3.05, 3.63) is 89.7 Å². The van der Waals surface area contributed by atoms with Crippen molar-refractivity contribution in [3.63, 3.8) is 0 Å². The van der Waals surface area contributed by atoms with Gasteiger partial charge >= 0.3 is 0 Å². The van der Waals surface area contributed by atoms with Crippen LogP contribution in [0.2, 0.25) is 0 Å². The van der Waals surface area contributed by atoms with Crippen molar-refractivity contribution in [1.82, 2.24) is 10.3 Å². The number of hydrogen-bond donors (Lipinski definition) is 1. The number of nitrogens with zero attached hydrogens (tertiary/aromatic N) is 1. The third-order valence-electron chi connectivity index (χ3n) is 4.90. The van der Waals surface area contributed by atoms with Crippen LogP contribution in [0, 0.1) is 0 Å². The summed E-state index contributed by atoms with van der Waals surface area (Å²) >= 11 is 0. The average Bonchev–Trinajstić information content (AvgIpc) is 2.78. The van der Waals surface area contributed by atoms with E-state index < -0.39 is 0 Å². The Bertz CT molecular complexity index is 914. The second-order valence-electron chi connectivity index (χ2n) is 6.74. The molecule has 0 saturated heterocycles. The lowest BCUT2D eigenvalue weighted by Crippen LogP contribution is -2.32. The van der Waals surface area contributed by atoms with E-state index in [0.29, 0.717) is 19.4 Å². The van der Waals surface area contributed by atoms with Gasteiger partial charge in [-0.3, -0.25) is 9.78 Å². The number of amides is 1. The van der Waals surface area contributed by atoms with Crippen molar-refractivity contribution >= 4 is 5.91 Å². The molecule has 0 spiro atoms. The highest BCUT2D eigenvalue weighted by Crippen LogP contribution is 2.25. The highest BCUT2D eigenvalue weighted by atomic mass is 16.5. The Balaban J connectivity index is 1.67. The first-order valence-electron chi connectivity index (χ1n) is 9.63. The predicted octanol–water partition coefficient (Wildman–Crippen LogP) is 3.78. The minimum Gasteiger partial charge on any atom is -0.497 e. The van der Waals surface area contributed by atoms with Gasteiger partial charge in [0.1, 0.15) is 11.5 Å². The third-order valence-corrected chi connectivity index (χ3v) is 4.90. The highest BCUT2D eigenvalue weighted by Gasteiger charge is 2.21. The van der Waals surface area contributed by atoms with Gasteiger partial charge in [-0.2, -0.15) is 0 Å². The molecule has 1 aromatic heterocycles. The fraction of sp³-hybridized carbons (Fsp3) is 0.250. The van der Waals surface area contributed by atoms with E-state index in [2.05, 4.69) is 10.3 Å². The minimum atomic E-state index is -0.253. The van der Waals surface area contributed by atoms with Crippen molar-refractivity contribution in [2.24, 2.45) is 0 Å². The third kappa shape index (κ3) is 5.57. The van der Waals surface area contributed by atoms with Crippen molar-refractivity contribution < 1.29 is 14.3 Å². The smallest absolute Gasteiger partial charge is 0.227 e. The summed E-state index contributed by atoms with van der Waals surface area (Å²) in [5, 5.41) is 3.09. The number of carbonyl (C=O) groups excluding carboxylic acids is 1. The molecule has 1 amide bonds. The van der Waals surface area contributed by atoms with E-state index in [-0.39, 0.29) is 11.8 Å². The summed E-state index contributed by atoms with van der Waals surface area (Å²) in [7, 11) is 3.26. The predicted molar refractivity (Wildman–Crippen MR) is 113 cm³/mol.